The van der Waals surface area contributed by atoms with E-state index in [1.54, 1.807) is 11.9 Å². The van der Waals surface area contributed by atoms with Crippen molar-refractivity contribution in [2.24, 2.45) is 0 Å². The van der Waals surface area contributed by atoms with E-state index in [0.717, 1.165) is 49.5 Å². The summed E-state index contributed by atoms with van der Waals surface area (Å²) in [5.41, 5.74) is 4.06. The number of carbonyl (C=O) groups is 2. The molecule has 27 heavy (non-hydrogen) atoms. The molecule has 1 fully saturated rings. The number of amides is 2. The first kappa shape index (κ1) is 17.7. The third-order valence-corrected chi connectivity index (χ3v) is 5.58. The van der Waals surface area contributed by atoms with Crippen LogP contribution in [0.5, 0.6) is 0 Å². The van der Waals surface area contributed by atoms with Gasteiger partial charge in [0.15, 0.2) is 0 Å². The maximum Gasteiger partial charge on any atom is 0.253 e. The summed E-state index contributed by atoms with van der Waals surface area (Å²) in [5, 5.41) is 0. The van der Waals surface area contributed by atoms with Crippen molar-refractivity contribution in [2.75, 3.05) is 38.1 Å². The first-order valence-corrected chi connectivity index (χ1v) is 9.57. The average Bonchev–Trinajstić information content (AvgIpc) is 2.71. The molecule has 2 aliphatic rings. The molecule has 5 heteroatoms. The monoisotopic (exact) mass is 363 g/mol. The fraction of sp³-hybridized carbons (Fsp3) is 0.364. The van der Waals surface area contributed by atoms with Gasteiger partial charge in [0, 0.05) is 57.4 Å². The van der Waals surface area contributed by atoms with Gasteiger partial charge in [0.1, 0.15) is 0 Å². The van der Waals surface area contributed by atoms with Crippen LogP contribution in [0, 0.1) is 0 Å². The molecule has 2 aromatic carbocycles. The Hall–Kier alpha value is -2.66. The molecule has 0 radical (unpaired) electrons. The number of hydrogen-bond acceptors (Lipinski definition) is 3. The molecule has 0 bridgehead atoms. The van der Waals surface area contributed by atoms with Gasteiger partial charge in [0.05, 0.1) is 0 Å². The minimum Gasteiger partial charge on any atom is -0.336 e. The number of fused-ring (bicyclic) bond motifs is 1. The zero-order valence-corrected chi connectivity index (χ0v) is 15.7. The third kappa shape index (κ3) is 3.74. The summed E-state index contributed by atoms with van der Waals surface area (Å²) in [7, 11) is 1.80. The summed E-state index contributed by atoms with van der Waals surface area (Å²) >= 11 is 0. The number of benzene rings is 2. The van der Waals surface area contributed by atoms with Crippen LogP contribution in [0.3, 0.4) is 0 Å². The summed E-state index contributed by atoms with van der Waals surface area (Å²) in [6.45, 7) is 4.22. The number of nitrogens with zero attached hydrogens (tertiary/aromatic N) is 3. The van der Waals surface area contributed by atoms with E-state index in [9.17, 15) is 9.59 Å². The molecule has 0 aliphatic carbocycles. The summed E-state index contributed by atoms with van der Waals surface area (Å²) in [5.74, 6) is 0.229. The van der Waals surface area contributed by atoms with E-state index in [2.05, 4.69) is 29.2 Å². The van der Waals surface area contributed by atoms with Crippen LogP contribution in [0.4, 0.5) is 5.69 Å². The highest BCUT2D eigenvalue weighted by atomic mass is 16.2. The number of rotatable bonds is 3. The smallest absolute Gasteiger partial charge is 0.253 e. The van der Waals surface area contributed by atoms with Gasteiger partial charge in [0.25, 0.3) is 5.91 Å². The lowest BCUT2D eigenvalue weighted by Crippen LogP contribution is -2.48. The second-order valence-electron chi connectivity index (χ2n) is 7.35. The van der Waals surface area contributed by atoms with Crippen molar-refractivity contribution >= 4 is 17.5 Å². The predicted octanol–water partition coefficient (Wildman–Crippen LogP) is 2.55. The summed E-state index contributed by atoms with van der Waals surface area (Å²) < 4.78 is 0. The number of aryl methyl sites for hydroxylation is 1. The molecular formula is C22H25N3O2. The molecule has 2 aromatic rings. The minimum atomic E-state index is 0.0942. The Kier molecular flexibility index (Phi) is 4.94. The lowest BCUT2D eigenvalue weighted by atomic mass is 9.98. The van der Waals surface area contributed by atoms with Crippen molar-refractivity contribution in [1.82, 2.24) is 9.80 Å². The molecule has 1 saturated heterocycles. The zero-order valence-electron chi connectivity index (χ0n) is 15.7. The van der Waals surface area contributed by atoms with Crippen LogP contribution in [0.2, 0.25) is 0 Å². The normalized spacial score (nSPS) is 17.7. The van der Waals surface area contributed by atoms with Gasteiger partial charge in [-0.05, 0) is 35.7 Å². The Morgan fingerprint density at radius 1 is 0.963 bits per heavy atom. The molecule has 4 rings (SSSR count). The van der Waals surface area contributed by atoms with Gasteiger partial charge >= 0.3 is 0 Å². The Morgan fingerprint density at radius 3 is 2.44 bits per heavy atom. The Balaban J connectivity index is 1.39. The zero-order chi connectivity index (χ0) is 18.8. The number of hydrogen-bond donors (Lipinski definition) is 0. The van der Waals surface area contributed by atoms with Crippen LogP contribution in [-0.4, -0.2) is 54.8 Å². The predicted molar refractivity (Wildman–Crippen MR) is 106 cm³/mol. The van der Waals surface area contributed by atoms with Crippen LogP contribution >= 0.6 is 0 Å². The molecule has 0 N–H and O–H groups in total. The van der Waals surface area contributed by atoms with Crippen LogP contribution in [0.15, 0.2) is 48.5 Å². The second-order valence-corrected chi connectivity index (χ2v) is 7.35. The standard InChI is InChI=1S/C22H25N3O2/c1-23-20-9-7-19(15-18(20)8-10-21(23)26)22(27)25-13-11-24(12-14-25)16-17-5-3-2-4-6-17/h2-7,9,15H,8,10-14,16H2,1H3. The highest BCUT2D eigenvalue weighted by Crippen LogP contribution is 2.28. The largest absolute Gasteiger partial charge is 0.336 e. The SMILES string of the molecule is CN1C(=O)CCc2cc(C(=O)N3CCN(Cc4ccccc4)CC3)ccc21. The van der Waals surface area contributed by atoms with Gasteiger partial charge < -0.3 is 9.80 Å². The minimum absolute atomic E-state index is 0.0942. The molecule has 0 saturated carbocycles. The van der Waals surface area contributed by atoms with E-state index >= 15 is 0 Å². The number of piperazine rings is 1. The molecular weight excluding hydrogens is 338 g/mol. The van der Waals surface area contributed by atoms with Crippen molar-refractivity contribution in [1.29, 1.82) is 0 Å². The van der Waals surface area contributed by atoms with Gasteiger partial charge in [-0.25, -0.2) is 0 Å². The molecule has 0 spiro atoms. The maximum absolute atomic E-state index is 12.9. The van der Waals surface area contributed by atoms with Gasteiger partial charge in [0.2, 0.25) is 5.91 Å². The third-order valence-electron chi connectivity index (χ3n) is 5.58. The topological polar surface area (TPSA) is 43.9 Å². The van der Waals surface area contributed by atoms with Crippen LogP contribution < -0.4 is 4.90 Å². The van der Waals surface area contributed by atoms with Gasteiger partial charge in [-0.3, -0.25) is 14.5 Å². The molecule has 0 unspecified atom stereocenters. The lowest BCUT2D eigenvalue weighted by molar-refractivity contribution is -0.118. The van der Waals surface area contributed by atoms with Crippen molar-refractivity contribution in [2.45, 2.75) is 19.4 Å². The Bertz CT molecular complexity index is 842. The van der Waals surface area contributed by atoms with E-state index in [1.165, 1.54) is 5.56 Å². The van der Waals surface area contributed by atoms with Crippen molar-refractivity contribution < 1.29 is 9.59 Å². The second kappa shape index (κ2) is 7.53. The van der Waals surface area contributed by atoms with Crippen molar-refractivity contribution in [3.05, 3.63) is 65.2 Å². The van der Waals surface area contributed by atoms with Crippen molar-refractivity contribution in [3.63, 3.8) is 0 Å². The summed E-state index contributed by atoms with van der Waals surface area (Å²) in [4.78, 5) is 30.8. The first-order valence-electron chi connectivity index (χ1n) is 9.57. The number of anilines is 1. The quantitative estimate of drug-likeness (QED) is 0.842. The maximum atomic E-state index is 12.9. The van der Waals surface area contributed by atoms with Crippen LogP contribution in [0.25, 0.3) is 0 Å². The van der Waals surface area contributed by atoms with Crippen LogP contribution in [0.1, 0.15) is 27.9 Å². The van der Waals surface area contributed by atoms with Gasteiger partial charge in [-0.15, -0.1) is 0 Å². The van der Waals surface area contributed by atoms with E-state index in [1.807, 2.05) is 29.2 Å². The van der Waals surface area contributed by atoms with E-state index in [4.69, 9.17) is 0 Å². The number of carbonyl (C=O) groups excluding carboxylic acids is 2. The van der Waals surface area contributed by atoms with E-state index in [-0.39, 0.29) is 11.8 Å². The van der Waals surface area contributed by atoms with Gasteiger partial charge in [-0.2, -0.15) is 0 Å². The van der Waals surface area contributed by atoms with Gasteiger partial charge in [-0.1, -0.05) is 30.3 Å². The Morgan fingerprint density at radius 2 is 1.70 bits per heavy atom. The summed E-state index contributed by atoms with van der Waals surface area (Å²) in [6.07, 6.45) is 1.23. The highest BCUT2D eigenvalue weighted by Gasteiger charge is 2.25. The van der Waals surface area contributed by atoms with E-state index in [0.29, 0.717) is 12.8 Å². The molecule has 5 nitrogen and oxygen atoms in total. The first-order chi connectivity index (χ1) is 13.1. The molecule has 2 heterocycles. The van der Waals surface area contributed by atoms with Crippen molar-refractivity contribution in [3.8, 4) is 0 Å². The molecule has 2 amide bonds. The van der Waals surface area contributed by atoms with Crippen LogP contribution in [-0.2, 0) is 17.8 Å². The molecule has 2 aliphatic heterocycles. The lowest BCUT2D eigenvalue weighted by Gasteiger charge is -2.35. The Labute approximate surface area is 160 Å². The molecule has 140 valence electrons. The fourth-order valence-corrected chi connectivity index (χ4v) is 3.92. The average molecular weight is 363 g/mol. The fourth-order valence-electron chi connectivity index (χ4n) is 3.92. The summed E-state index contributed by atoms with van der Waals surface area (Å²) in [6, 6.07) is 16.2. The molecule has 0 atom stereocenters. The molecule has 0 aromatic heterocycles. The van der Waals surface area contributed by atoms with E-state index < -0.39 is 0 Å². The highest BCUT2D eigenvalue weighted by molar-refractivity contribution is 5.99.